The molecule has 1 aromatic rings. The molecule has 15 heavy (non-hydrogen) atoms. The van der Waals surface area contributed by atoms with Crippen LogP contribution < -0.4 is 0 Å². The molecule has 82 valence electrons. The van der Waals surface area contributed by atoms with Crippen LogP contribution in [0.15, 0.2) is 12.3 Å². The third kappa shape index (κ3) is 1.68. The van der Waals surface area contributed by atoms with Crippen molar-refractivity contribution < 1.29 is 4.74 Å². The van der Waals surface area contributed by atoms with Crippen molar-refractivity contribution >= 4 is 0 Å². The van der Waals surface area contributed by atoms with Crippen LogP contribution in [0.4, 0.5) is 0 Å². The van der Waals surface area contributed by atoms with Gasteiger partial charge in [-0.05, 0) is 12.5 Å². The Balaban J connectivity index is 1.55. The lowest BCUT2D eigenvalue weighted by Crippen LogP contribution is -2.56. The smallest absolute Gasteiger partial charge is 0.0764 e. The zero-order valence-corrected chi connectivity index (χ0v) is 9.15. The van der Waals surface area contributed by atoms with Gasteiger partial charge in [0.25, 0.3) is 0 Å². The van der Waals surface area contributed by atoms with E-state index in [1.165, 1.54) is 25.2 Å². The summed E-state index contributed by atoms with van der Waals surface area (Å²) < 4.78 is 7.32. The van der Waals surface area contributed by atoms with Crippen molar-refractivity contribution in [2.24, 2.45) is 12.5 Å². The van der Waals surface area contributed by atoms with E-state index in [1.807, 2.05) is 17.9 Å². The maximum atomic E-state index is 5.46. The number of rotatable bonds is 2. The number of ether oxygens (including phenoxy) is 1. The number of hydrogen-bond donors (Lipinski definition) is 0. The lowest BCUT2D eigenvalue weighted by Gasteiger charge is -2.46. The Hall–Kier alpha value is -0.870. The van der Waals surface area contributed by atoms with E-state index in [0.29, 0.717) is 5.41 Å². The molecule has 0 unspecified atom stereocenters. The third-order valence-electron chi connectivity index (χ3n) is 3.46. The van der Waals surface area contributed by atoms with Gasteiger partial charge in [0.05, 0.1) is 12.3 Å². The molecule has 3 heterocycles. The van der Waals surface area contributed by atoms with Gasteiger partial charge in [-0.25, -0.2) is 0 Å². The van der Waals surface area contributed by atoms with Crippen LogP contribution in [0, 0.1) is 5.41 Å². The van der Waals surface area contributed by atoms with Crippen molar-refractivity contribution in [2.75, 3.05) is 26.3 Å². The summed E-state index contributed by atoms with van der Waals surface area (Å²) in [6.07, 6.45) is 3.25. The van der Waals surface area contributed by atoms with Crippen molar-refractivity contribution in [3.63, 3.8) is 0 Å². The van der Waals surface area contributed by atoms with Crippen molar-refractivity contribution in [3.05, 3.63) is 18.0 Å². The number of hydrogen-bond acceptors (Lipinski definition) is 3. The number of nitrogens with zero attached hydrogens (tertiary/aromatic N) is 3. The van der Waals surface area contributed by atoms with E-state index in [1.54, 1.807) is 0 Å². The first-order valence-electron chi connectivity index (χ1n) is 5.54. The molecule has 2 aliphatic rings. The molecule has 2 saturated heterocycles. The van der Waals surface area contributed by atoms with Crippen LogP contribution in [0.1, 0.15) is 12.1 Å². The van der Waals surface area contributed by atoms with Crippen molar-refractivity contribution in [1.29, 1.82) is 0 Å². The first kappa shape index (κ1) is 9.36. The van der Waals surface area contributed by atoms with Gasteiger partial charge in [-0.2, -0.15) is 5.10 Å². The Labute approximate surface area is 89.8 Å². The van der Waals surface area contributed by atoms with Crippen LogP contribution in [-0.2, 0) is 18.3 Å². The predicted molar refractivity (Wildman–Crippen MR) is 56.4 cm³/mol. The van der Waals surface area contributed by atoms with E-state index in [9.17, 15) is 0 Å². The van der Waals surface area contributed by atoms with Gasteiger partial charge in [-0.1, -0.05) is 0 Å². The molecule has 4 heteroatoms. The Morgan fingerprint density at radius 1 is 1.53 bits per heavy atom. The Kier molecular flexibility index (Phi) is 2.07. The van der Waals surface area contributed by atoms with Gasteiger partial charge in [-0.3, -0.25) is 9.58 Å². The minimum Gasteiger partial charge on any atom is -0.381 e. The molecule has 2 fully saturated rings. The van der Waals surface area contributed by atoms with E-state index in [-0.39, 0.29) is 0 Å². The molecule has 0 bridgehead atoms. The van der Waals surface area contributed by atoms with E-state index < -0.39 is 0 Å². The maximum absolute atomic E-state index is 5.46. The van der Waals surface area contributed by atoms with Crippen molar-refractivity contribution in [3.8, 4) is 0 Å². The maximum Gasteiger partial charge on any atom is 0.0764 e. The molecular weight excluding hydrogens is 190 g/mol. The molecule has 0 atom stereocenters. The Bertz CT molecular complexity index is 346. The quantitative estimate of drug-likeness (QED) is 0.713. The SMILES string of the molecule is Cn1ccc(CN2CC3(CCOC3)C2)n1. The molecular formula is C11H17N3O. The molecule has 2 aliphatic heterocycles. The molecule has 0 N–H and O–H groups in total. The van der Waals surface area contributed by atoms with Gasteiger partial charge < -0.3 is 4.74 Å². The summed E-state index contributed by atoms with van der Waals surface area (Å²) in [4.78, 5) is 2.46. The average molecular weight is 207 g/mol. The van der Waals surface area contributed by atoms with Crippen LogP contribution >= 0.6 is 0 Å². The van der Waals surface area contributed by atoms with E-state index in [2.05, 4.69) is 16.1 Å². The zero-order chi connectivity index (χ0) is 10.3. The molecule has 1 aromatic heterocycles. The first-order valence-corrected chi connectivity index (χ1v) is 5.54. The standard InChI is InChI=1S/C11H17N3O/c1-13-4-2-10(12-13)6-14-7-11(8-14)3-5-15-9-11/h2,4H,3,5-9H2,1H3. The molecule has 0 aliphatic carbocycles. The molecule has 0 amide bonds. The zero-order valence-electron chi connectivity index (χ0n) is 9.15. The van der Waals surface area contributed by atoms with Crippen molar-refractivity contribution in [2.45, 2.75) is 13.0 Å². The summed E-state index contributed by atoms with van der Waals surface area (Å²) in [6, 6.07) is 2.09. The summed E-state index contributed by atoms with van der Waals surface area (Å²) >= 11 is 0. The fraction of sp³-hybridized carbons (Fsp3) is 0.727. The highest BCUT2D eigenvalue weighted by Crippen LogP contribution is 2.38. The minimum absolute atomic E-state index is 0.495. The van der Waals surface area contributed by atoms with Gasteiger partial charge in [0.15, 0.2) is 0 Å². The largest absolute Gasteiger partial charge is 0.381 e. The van der Waals surface area contributed by atoms with Gasteiger partial charge in [0, 0.05) is 44.9 Å². The number of aryl methyl sites for hydroxylation is 1. The molecule has 4 nitrogen and oxygen atoms in total. The normalized spacial score (nSPS) is 24.6. The molecule has 0 radical (unpaired) electrons. The van der Waals surface area contributed by atoms with Crippen LogP contribution in [0.2, 0.25) is 0 Å². The fourth-order valence-corrected chi connectivity index (χ4v) is 2.69. The molecule has 0 aromatic carbocycles. The van der Waals surface area contributed by atoms with Crippen LogP contribution in [0.25, 0.3) is 0 Å². The molecule has 1 spiro atoms. The predicted octanol–water partition coefficient (Wildman–Crippen LogP) is 0.642. The summed E-state index contributed by atoms with van der Waals surface area (Å²) in [5.41, 5.74) is 1.67. The lowest BCUT2D eigenvalue weighted by atomic mass is 9.79. The second-order valence-corrected chi connectivity index (χ2v) is 4.93. The number of likely N-dealkylation sites (tertiary alicyclic amines) is 1. The van der Waals surface area contributed by atoms with Gasteiger partial charge in [0.2, 0.25) is 0 Å². The Morgan fingerprint density at radius 2 is 2.40 bits per heavy atom. The first-order chi connectivity index (χ1) is 7.26. The summed E-state index contributed by atoms with van der Waals surface area (Å²) in [7, 11) is 1.96. The highest BCUT2D eigenvalue weighted by molar-refractivity contribution is 5.03. The van der Waals surface area contributed by atoms with Gasteiger partial charge in [-0.15, -0.1) is 0 Å². The topological polar surface area (TPSA) is 30.3 Å². The Morgan fingerprint density at radius 3 is 3.00 bits per heavy atom. The van der Waals surface area contributed by atoms with E-state index >= 15 is 0 Å². The van der Waals surface area contributed by atoms with E-state index in [0.717, 1.165) is 19.8 Å². The lowest BCUT2D eigenvalue weighted by molar-refractivity contribution is -0.0131. The second-order valence-electron chi connectivity index (χ2n) is 4.93. The summed E-state index contributed by atoms with van der Waals surface area (Å²) in [6.45, 7) is 5.28. The summed E-state index contributed by atoms with van der Waals surface area (Å²) in [5, 5.41) is 4.39. The highest BCUT2D eigenvalue weighted by Gasteiger charge is 2.45. The van der Waals surface area contributed by atoms with Crippen molar-refractivity contribution in [1.82, 2.24) is 14.7 Å². The highest BCUT2D eigenvalue weighted by atomic mass is 16.5. The molecule has 0 saturated carbocycles. The summed E-state index contributed by atoms with van der Waals surface area (Å²) in [5.74, 6) is 0. The molecule has 3 rings (SSSR count). The monoisotopic (exact) mass is 207 g/mol. The van der Waals surface area contributed by atoms with E-state index in [4.69, 9.17) is 4.74 Å². The second kappa shape index (κ2) is 3.32. The third-order valence-corrected chi connectivity index (χ3v) is 3.46. The van der Waals surface area contributed by atoms with Crippen LogP contribution in [-0.4, -0.2) is 41.0 Å². The van der Waals surface area contributed by atoms with Crippen LogP contribution in [0.5, 0.6) is 0 Å². The number of aromatic nitrogens is 2. The van der Waals surface area contributed by atoms with Crippen LogP contribution in [0.3, 0.4) is 0 Å². The average Bonchev–Trinajstić information content (AvgIpc) is 2.74. The fourth-order valence-electron chi connectivity index (χ4n) is 2.69. The minimum atomic E-state index is 0.495. The van der Waals surface area contributed by atoms with Gasteiger partial charge in [0.1, 0.15) is 0 Å². The van der Waals surface area contributed by atoms with Gasteiger partial charge >= 0.3 is 0 Å².